The van der Waals surface area contributed by atoms with Gasteiger partial charge in [0.1, 0.15) is 5.82 Å². The third kappa shape index (κ3) is 4.22. The molecule has 0 bridgehead atoms. The van der Waals surface area contributed by atoms with Crippen LogP contribution in [0.25, 0.3) is 44.8 Å². The number of benzene rings is 3. The molecule has 6 rings (SSSR count). The molecule has 3 aromatic carbocycles. The van der Waals surface area contributed by atoms with E-state index in [4.69, 9.17) is 4.98 Å². The van der Waals surface area contributed by atoms with Crippen LogP contribution in [0, 0.1) is 0 Å². The Hall–Kier alpha value is -3.15. The molecule has 170 valence electrons. The quantitative estimate of drug-likeness (QED) is 0.255. The number of nitrogens with one attached hydrogen (secondary N) is 2. The van der Waals surface area contributed by atoms with Crippen molar-refractivity contribution in [1.29, 1.82) is 0 Å². The molecule has 34 heavy (non-hydrogen) atoms. The van der Waals surface area contributed by atoms with Gasteiger partial charge in [-0.15, -0.1) is 0 Å². The number of hydrogen-bond acceptors (Lipinski definition) is 2. The fraction of sp³-hybridized carbons (Fsp3) is 0.207. The minimum Gasteiger partial charge on any atom is -0.360 e. The van der Waals surface area contributed by atoms with E-state index in [2.05, 4.69) is 97.5 Å². The van der Waals surface area contributed by atoms with E-state index in [1.54, 1.807) is 0 Å². The molecule has 1 aliphatic rings. The lowest BCUT2D eigenvalue weighted by atomic mass is 10.0. The molecule has 0 radical (unpaired) electrons. The molecule has 0 unspecified atom stereocenters. The van der Waals surface area contributed by atoms with Crippen molar-refractivity contribution in [3.8, 4) is 33.9 Å². The largest absolute Gasteiger partial charge is 0.360 e. The van der Waals surface area contributed by atoms with Gasteiger partial charge in [-0.2, -0.15) is 0 Å². The molecule has 2 N–H and O–H groups in total. The summed E-state index contributed by atoms with van der Waals surface area (Å²) < 4.78 is 1.06. The first kappa shape index (κ1) is 21.4. The first-order valence-corrected chi connectivity index (χ1v) is 12.8. The lowest BCUT2D eigenvalue weighted by Gasteiger charge is -2.26. The summed E-state index contributed by atoms with van der Waals surface area (Å²) in [5.74, 6) is 0.871. The fourth-order valence-electron chi connectivity index (χ4n) is 4.96. The second kappa shape index (κ2) is 9.24. The van der Waals surface area contributed by atoms with Crippen LogP contribution in [-0.2, 0) is 6.54 Å². The van der Waals surface area contributed by atoms with Crippen molar-refractivity contribution >= 4 is 26.8 Å². The van der Waals surface area contributed by atoms with Gasteiger partial charge in [0.25, 0.3) is 0 Å². The number of rotatable bonds is 5. The maximum Gasteiger partial charge on any atom is 0.140 e. The van der Waals surface area contributed by atoms with Gasteiger partial charge in [0.05, 0.1) is 11.4 Å². The standard InChI is InChI=1S/C29H27BrN4/c30-23-13-14-26-24(17-23)25(18-31-26)29-32-27(21-7-3-1-4-8-21)28(33-29)22-11-9-20(10-12-22)19-34-15-5-2-6-16-34/h1,3-4,7-14,17-18,31H,2,5-6,15-16,19H2,(H,32,33). The minimum atomic E-state index is 0.871. The van der Waals surface area contributed by atoms with Gasteiger partial charge in [0.15, 0.2) is 0 Å². The average Bonchev–Trinajstić information content (AvgIpc) is 3.50. The van der Waals surface area contributed by atoms with Crippen molar-refractivity contribution in [2.75, 3.05) is 13.1 Å². The van der Waals surface area contributed by atoms with Crippen LogP contribution in [0.2, 0.25) is 0 Å². The SMILES string of the molecule is Brc1ccc2[nH]cc(-c3nc(-c4ccccc4)c(-c4ccc(CN5CCCCC5)cc4)[nH]3)c2c1. The van der Waals surface area contributed by atoms with E-state index < -0.39 is 0 Å². The Bertz CT molecular complexity index is 1410. The number of aromatic nitrogens is 3. The first-order chi connectivity index (χ1) is 16.7. The number of hydrogen-bond donors (Lipinski definition) is 2. The lowest BCUT2D eigenvalue weighted by molar-refractivity contribution is 0.221. The summed E-state index contributed by atoms with van der Waals surface area (Å²) in [7, 11) is 0. The Labute approximate surface area is 208 Å². The summed E-state index contributed by atoms with van der Waals surface area (Å²) in [6.07, 6.45) is 6.04. The first-order valence-electron chi connectivity index (χ1n) is 12.0. The summed E-state index contributed by atoms with van der Waals surface area (Å²) in [5.41, 5.74) is 7.83. The van der Waals surface area contributed by atoms with Gasteiger partial charge in [-0.3, -0.25) is 4.90 Å². The molecule has 1 aliphatic heterocycles. The van der Waals surface area contributed by atoms with Crippen LogP contribution in [0.15, 0.2) is 83.5 Å². The van der Waals surface area contributed by atoms with Crippen molar-refractivity contribution < 1.29 is 0 Å². The third-order valence-corrected chi connectivity index (χ3v) is 7.24. The summed E-state index contributed by atoms with van der Waals surface area (Å²) in [5, 5.41) is 1.14. The predicted octanol–water partition coefficient (Wildman–Crippen LogP) is 7.64. The van der Waals surface area contributed by atoms with Gasteiger partial charge in [-0.05, 0) is 49.7 Å². The third-order valence-electron chi connectivity index (χ3n) is 6.75. The van der Waals surface area contributed by atoms with Crippen LogP contribution in [0.5, 0.6) is 0 Å². The van der Waals surface area contributed by atoms with Crippen molar-refractivity contribution in [3.05, 3.63) is 89.0 Å². The molecule has 4 nitrogen and oxygen atoms in total. The van der Waals surface area contributed by atoms with Gasteiger partial charge in [-0.1, -0.05) is 76.9 Å². The number of piperidine rings is 1. The highest BCUT2D eigenvalue weighted by atomic mass is 79.9. The van der Waals surface area contributed by atoms with Crippen molar-refractivity contribution in [2.45, 2.75) is 25.8 Å². The van der Waals surface area contributed by atoms with Gasteiger partial charge in [-0.25, -0.2) is 4.98 Å². The lowest BCUT2D eigenvalue weighted by Crippen LogP contribution is -2.28. The molecule has 0 aliphatic carbocycles. The number of fused-ring (bicyclic) bond motifs is 1. The molecular weight excluding hydrogens is 484 g/mol. The molecule has 0 spiro atoms. The van der Waals surface area contributed by atoms with Crippen LogP contribution in [0.1, 0.15) is 24.8 Å². The molecule has 5 heteroatoms. The smallest absolute Gasteiger partial charge is 0.140 e. The van der Waals surface area contributed by atoms with Crippen molar-refractivity contribution in [2.24, 2.45) is 0 Å². The van der Waals surface area contributed by atoms with Crippen LogP contribution < -0.4 is 0 Å². The fourth-order valence-corrected chi connectivity index (χ4v) is 5.32. The maximum atomic E-state index is 5.10. The second-order valence-corrected chi connectivity index (χ2v) is 10.0. The molecular formula is C29H27BrN4. The van der Waals surface area contributed by atoms with E-state index in [1.165, 1.54) is 37.9 Å². The molecule has 1 saturated heterocycles. The van der Waals surface area contributed by atoms with E-state index in [0.29, 0.717) is 0 Å². The summed E-state index contributed by atoms with van der Waals surface area (Å²) >= 11 is 3.61. The zero-order chi connectivity index (χ0) is 22.9. The van der Waals surface area contributed by atoms with E-state index in [9.17, 15) is 0 Å². The van der Waals surface area contributed by atoms with Gasteiger partial charge < -0.3 is 9.97 Å². The summed E-state index contributed by atoms with van der Waals surface area (Å²) in [4.78, 5) is 14.7. The highest BCUT2D eigenvalue weighted by Gasteiger charge is 2.18. The highest BCUT2D eigenvalue weighted by Crippen LogP contribution is 2.36. The Morgan fingerprint density at radius 2 is 1.65 bits per heavy atom. The van der Waals surface area contributed by atoms with E-state index in [1.807, 2.05) is 12.3 Å². The number of halogens is 1. The number of nitrogens with zero attached hydrogens (tertiary/aromatic N) is 2. The Morgan fingerprint density at radius 1 is 0.853 bits per heavy atom. The van der Waals surface area contributed by atoms with E-state index in [0.717, 1.165) is 55.8 Å². The number of H-pyrrole nitrogens is 2. The monoisotopic (exact) mass is 510 g/mol. The number of imidazole rings is 1. The van der Waals surface area contributed by atoms with Gasteiger partial charge >= 0.3 is 0 Å². The number of aromatic amines is 2. The van der Waals surface area contributed by atoms with Crippen molar-refractivity contribution in [1.82, 2.24) is 19.9 Å². The number of likely N-dealkylation sites (tertiary alicyclic amines) is 1. The Morgan fingerprint density at radius 3 is 2.44 bits per heavy atom. The Balaban J connectivity index is 1.40. The summed E-state index contributed by atoms with van der Waals surface area (Å²) in [6.45, 7) is 3.46. The minimum absolute atomic E-state index is 0.871. The molecule has 0 saturated carbocycles. The van der Waals surface area contributed by atoms with Crippen molar-refractivity contribution in [3.63, 3.8) is 0 Å². The van der Waals surface area contributed by atoms with Gasteiger partial charge in [0, 0.05) is 44.8 Å². The molecule has 0 amide bonds. The molecule has 3 heterocycles. The zero-order valence-electron chi connectivity index (χ0n) is 19.0. The Kier molecular flexibility index (Phi) is 5.81. The van der Waals surface area contributed by atoms with Crippen LogP contribution >= 0.6 is 15.9 Å². The average molecular weight is 511 g/mol. The van der Waals surface area contributed by atoms with E-state index >= 15 is 0 Å². The molecule has 2 aromatic heterocycles. The predicted molar refractivity (Wildman–Crippen MR) is 144 cm³/mol. The summed E-state index contributed by atoms with van der Waals surface area (Å²) in [6, 6.07) is 25.7. The van der Waals surface area contributed by atoms with Crippen LogP contribution in [-0.4, -0.2) is 32.9 Å². The van der Waals surface area contributed by atoms with Gasteiger partial charge in [0.2, 0.25) is 0 Å². The van der Waals surface area contributed by atoms with E-state index in [-0.39, 0.29) is 0 Å². The molecule has 0 atom stereocenters. The molecule has 1 fully saturated rings. The van der Waals surface area contributed by atoms with Crippen LogP contribution in [0.4, 0.5) is 0 Å². The second-order valence-electron chi connectivity index (χ2n) is 9.10. The van der Waals surface area contributed by atoms with Crippen LogP contribution in [0.3, 0.4) is 0 Å². The topological polar surface area (TPSA) is 47.7 Å². The zero-order valence-corrected chi connectivity index (χ0v) is 20.6. The maximum absolute atomic E-state index is 5.10. The molecule has 5 aromatic rings. The normalized spacial score (nSPS) is 14.6. The highest BCUT2D eigenvalue weighted by molar-refractivity contribution is 9.10.